The summed E-state index contributed by atoms with van der Waals surface area (Å²) in [5.74, 6) is 0.551. The van der Waals surface area contributed by atoms with Gasteiger partial charge in [0.05, 0.1) is 17.9 Å². The van der Waals surface area contributed by atoms with E-state index in [2.05, 4.69) is 14.9 Å². The van der Waals surface area contributed by atoms with Crippen molar-refractivity contribution in [2.75, 3.05) is 32.7 Å². The van der Waals surface area contributed by atoms with Crippen LogP contribution in [0.15, 0.2) is 36.7 Å². The van der Waals surface area contributed by atoms with Gasteiger partial charge in [0.2, 0.25) is 5.91 Å². The van der Waals surface area contributed by atoms with E-state index >= 15 is 0 Å². The summed E-state index contributed by atoms with van der Waals surface area (Å²) in [7, 11) is 0. The average molecular weight is 385 g/mol. The monoisotopic (exact) mass is 384 g/mol. The van der Waals surface area contributed by atoms with Crippen LogP contribution in [-0.2, 0) is 4.79 Å². The van der Waals surface area contributed by atoms with E-state index < -0.39 is 0 Å². The predicted octanol–water partition coefficient (Wildman–Crippen LogP) is 3.60. The van der Waals surface area contributed by atoms with Gasteiger partial charge < -0.3 is 4.90 Å². The molecule has 3 heterocycles. The van der Waals surface area contributed by atoms with Gasteiger partial charge in [0.25, 0.3) is 0 Å². The molecule has 6 heteroatoms. The van der Waals surface area contributed by atoms with Crippen LogP contribution in [0.25, 0.3) is 11.3 Å². The molecule has 0 radical (unpaired) electrons. The minimum atomic E-state index is 0.266. The van der Waals surface area contributed by atoms with Crippen LogP contribution >= 0.6 is 11.6 Å². The Balaban J connectivity index is 1.51. The van der Waals surface area contributed by atoms with E-state index in [4.69, 9.17) is 11.6 Å². The van der Waals surface area contributed by atoms with Gasteiger partial charge in [0, 0.05) is 48.5 Å². The Morgan fingerprint density at radius 1 is 1.11 bits per heavy atom. The number of carbonyl (C=O) groups is 1. The molecule has 1 aromatic carbocycles. The number of benzene rings is 1. The van der Waals surface area contributed by atoms with Crippen LogP contribution < -0.4 is 0 Å². The van der Waals surface area contributed by atoms with Gasteiger partial charge >= 0.3 is 0 Å². The molecule has 1 unspecified atom stereocenters. The fourth-order valence-electron chi connectivity index (χ4n) is 4.19. The third-order valence-corrected chi connectivity index (χ3v) is 5.77. The standard InChI is InChI=1S/C21H25ClN4O/c22-18-7-3-5-16(13-18)20-21(24-9-8-23-20)17-6-4-10-25(14-17)15-19(27)26-11-1-2-12-26/h3,5,7-9,13,17H,1-2,4,6,10-12,14-15H2. The summed E-state index contributed by atoms with van der Waals surface area (Å²) in [6.07, 6.45) is 7.91. The van der Waals surface area contributed by atoms with E-state index in [1.165, 1.54) is 0 Å². The van der Waals surface area contributed by atoms with Gasteiger partial charge in [-0.25, -0.2) is 0 Å². The van der Waals surface area contributed by atoms with Gasteiger partial charge in [-0.05, 0) is 44.4 Å². The summed E-state index contributed by atoms with van der Waals surface area (Å²) in [5.41, 5.74) is 2.91. The van der Waals surface area contributed by atoms with Crippen LogP contribution in [-0.4, -0.2) is 58.4 Å². The molecule has 0 saturated carbocycles. The lowest BCUT2D eigenvalue weighted by molar-refractivity contribution is -0.131. The Bertz CT molecular complexity index is 806. The van der Waals surface area contributed by atoms with Crippen LogP contribution in [0.5, 0.6) is 0 Å². The highest BCUT2D eigenvalue weighted by Crippen LogP contribution is 2.32. The zero-order chi connectivity index (χ0) is 18.6. The molecular weight excluding hydrogens is 360 g/mol. The lowest BCUT2D eigenvalue weighted by Gasteiger charge is -2.33. The Kier molecular flexibility index (Phi) is 5.69. The molecule has 4 rings (SSSR count). The molecule has 2 aliphatic heterocycles. The van der Waals surface area contributed by atoms with Crippen LogP contribution in [0, 0.1) is 0 Å². The third kappa shape index (κ3) is 4.30. The maximum atomic E-state index is 12.5. The molecule has 0 aliphatic carbocycles. The average Bonchev–Trinajstić information content (AvgIpc) is 3.23. The Labute approximate surface area is 165 Å². The molecule has 5 nitrogen and oxygen atoms in total. The number of aromatic nitrogens is 2. The summed E-state index contributed by atoms with van der Waals surface area (Å²) in [4.78, 5) is 26.1. The van der Waals surface area contributed by atoms with Crippen LogP contribution in [0.4, 0.5) is 0 Å². The van der Waals surface area contributed by atoms with Gasteiger partial charge in [-0.15, -0.1) is 0 Å². The molecule has 2 fully saturated rings. The number of hydrogen-bond donors (Lipinski definition) is 0. The molecule has 0 spiro atoms. The molecule has 27 heavy (non-hydrogen) atoms. The van der Waals surface area contributed by atoms with Crippen molar-refractivity contribution in [2.45, 2.75) is 31.6 Å². The molecule has 1 atom stereocenters. The van der Waals surface area contributed by atoms with E-state index in [0.29, 0.717) is 11.6 Å². The van der Waals surface area contributed by atoms with Crippen molar-refractivity contribution in [1.29, 1.82) is 0 Å². The predicted molar refractivity (Wildman–Crippen MR) is 107 cm³/mol. The van der Waals surface area contributed by atoms with Gasteiger partial charge in [-0.2, -0.15) is 0 Å². The van der Waals surface area contributed by atoms with Gasteiger partial charge in [0.15, 0.2) is 0 Å². The normalized spacial score (nSPS) is 20.8. The minimum Gasteiger partial charge on any atom is -0.342 e. The number of amides is 1. The molecular formula is C21H25ClN4O. The molecule has 2 saturated heterocycles. The SMILES string of the molecule is O=C(CN1CCCC(c2nccnc2-c2cccc(Cl)c2)C1)N1CCCC1. The molecule has 0 bridgehead atoms. The van der Waals surface area contributed by atoms with Crippen molar-refractivity contribution in [3.05, 3.63) is 47.4 Å². The summed E-state index contributed by atoms with van der Waals surface area (Å²) >= 11 is 6.18. The molecule has 142 valence electrons. The number of nitrogens with zero attached hydrogens (tertiary/aromatic N) is 4. The summed E-state index contributed by atoms with van der Waals surface area (Å²) < 4.78 is 0. The highest BCUT2D eigenvalue weighted by Gasteiger charge is 2.28. The Hall–Kier alpha value is -1.98. The first-order valence-electron chi connectivity index (χ1n) is 9.77. The number of carbonyl (C=O) groups excluding carboxylic acids is 1. The maximum Gasteiger partial charge on any atom is 0.236 e. The first kappa shape index (κ1) is 18.4. The second-order valence-electron chi connectivity index (χ2n) is 7.46. The lowest BCUT2D eigenvalue weighted by atomic mass is 9.91. The maximum absolute atomic E-state index is 12.5. The highest BCUT2D eigenvalue weighted by atomic mass is 35.5. The molecule has 2 aliphatic rings. The van der Waals surface area contributed by atoms with E-state index in [1.807, 2.05) is 29.2 Å². The van der Waals surface area contributed by atoms with Crippen LogP contribution in [0.1, 0.15) is 37.3 Å². The largest absolute Gasteiger partial charge is 0.342 e. The number of piperidine rings is 1. The number of hydrogen-bond acceptors (Lipinski definition) is 4. The van der Waals surface area contributed by atoms with Crippen LogP contribution in [0.2, 0.25) is 5.02 Å². The zero-order valence-electron chi connectivity index (χ0n) is 15.5. The Morgan fingerprint density at radius 3 is 2.74 bits per heavy atom. The zero-order valence-corrected chi connectivity index (χ0v) is 16.2. The smallest absolute Gasteiger partial charge is 0.236 e. The Morgan fingerprint density at radius 2 is 1.93 bits per heavy atom. The van der Waals surface area contributed by atoms with Crippen molar-refractivity contribution in [3.8, 4) is 11.3 Å². The number of halogens is 1. The van der Waals surface area contributed by atoms with Crippen LogP contribution in [0.3, 0.4) is 0 Å². The van der Waals surface area contributed by atoms with E-state index in [0.717, 1.165) is 68.8 Å². The second kappa shape index (κ2) is 8.36. The molecule has 2 aromatic rings. The second-order valence-corrected chi connectivity index (χ2v) is 7.90. The summed E-state index contributed by atoms with van der Waals surface area (Å²) in [6, 6.07) is 7.77. The van der Waals surface area contributed by atoms with Crippen molar-refractivity contribution >= 4 is 17.5 Å². The molecule has 0 N–H and O–H groups in total. The fraction of sp³-hybridized carbons (Fsp3) is 0.476. The quantitative estimate of drug-likeness (QED) is 0.808. The van der Waals surface area contributed by atoms with Gasteiger partial charge in [-0.3, -0.25) is 19.7 Å². The summed E-state index contributed by atoms with van der Waals surface area (Å²) in [5, 5.41) is 0.700. The van der Waals surface area contributed by atoms with E-state index in [1.54, 1.807) is 12.4 Å². The molecule has 1 amide bonds. The van der Waals surface area contributed by atoms with Crippen molar-refractivity contribution < 1.29 is 4.79 Å². The highest BCUT2D eigenvalue weighted by molar-refractivity contribution is 6.30. The third-order valence-electron chi connectivity index (χ3n) is 5.53. The van der Waals surface area contributed by atoms with Crippen molar-refractivity contribution in [2.24, 2.45) is 0 Å². The molecule has 1 aromatic heterocycles. The fourth-order valence-corrected chi connectivity index (χ4v) is 4.38. The van der Waals surface area contributed by atoms with Gasteiger partial charge in [0.1, 0.15) is 0 Å². The van der Waals surface area contributed by atoms with E-state index in [9.17, 15) is 4.79 Å². The lowest BCUT2D eigenvalue weighted by Crippen LogP contribution is -2.43. The van der Waals surface area contributed by atoms with Crippen molar-refractivity contribution in [1.82, 2.24) is 19.8 Å². The first-order chi connectivity index (χ1) is 13.2. The van der Waals surface area contributed by atoms with E-state index in [-0.39, 0.29) is 11.8 Å². The number of likely N-dealkylation sites (tertiary alicyclic amines) is 2. The number of rotatable bonds is 4. The van der Waals surface area contributed by atoms with Crippen molar-refractivity contribution in [3.63, 3.8) is 0 Å². The topological polar surface area (TPSA) is 49.3 Å². The minimum absolute atomic E-state index is 0.266. The summed E-state index contributed by atoms with van der Waals surface area (Å²) in [6.45, 7) is 4.18. The first-order valence-corrected chi connectivity index (χ1v) is 10.2. The van der Waals surface area contributed by atoms with Gasteiger partial charge in [-0.1, -0.05) is 23.7 Å².